The van der Waals surface area contributed by atoms with Gasteiger partial charge in [-0.05, 0) is 118 Å². The van der Waals surface area contributed by atoms with Gasteiger partial charge in [-0.3, -0.25) is 4.98 Å². The highest BCUT2D eigenvalue weighted by Gasteiger charge is 2.45. The molecule has 1 spiro atoms. The molecule has 6 aromatic carbocycles. The molecule has 11 rings (SSSR count). The van der Waals surface area contributed by atoms with Gasteiger partial charge in [-0.25, -0.2) is 0 Å². The van der Waals surface area contributed by atoms with Crippen LogP contribution in [0.1, 0.15) is 70.3 Å². The van der Waals surface area contributed by atoms with Gasteiger partial charge in [0, 0.05) is 11.1 Å². The Balaban J connectivity index is 0.927. The first-order valence-electron chi connectivity index (χ1n) is 19.5. The number of hydrogen-bond donors (Lipinski definition) is 0. The SMILES string of the molecule is C1=Cc2ccccc2N(c2ccc(/C=C/c3ccc4c(c3)C3(CCCC3)c3cc(N5c6ccccc6C=Cc6ccccc65)ccc3-4)nc2)c2ccccc21. The molecule has 2 aliphatic heterocycles. The molecule has 0 radical (unpaired) electrons. The number of anilines is 6. The van der Waals surface area contributed by atoms with E-state index in [1.165, 1.54) is 92.8 Å². The van der Waals surface area contributed by atoms with Crippen molar-refractivity contribution < 1.29 is 0 Å². The van der Waals surface area contributed by atoms with Crippen LogP contribution >= 0.6 is 0 Å². The second kappa shape index (κ2) is 12.7. The Morgan fingerprint density at radius 3 is 1.45 bits per heavy atom. The molecule has 0 saturated heterocycles. The summed E-state index contributed by atoms with van der Waals surface area (Å²) >= 11 is 0. The largest absolute Gasteiger partial charge is 0.309 e. The number of para-hydroxylation sites is 4. The molecular weight excluding hydrogens is 667 g/mol. The number of benzene rings is 6. The Morgan fingerprint density at radius 2 is 0.927 bits per heavy atom. The van der Waals surface area contributed by atoms with Crippen LogP contribution in [0.2, 0.25) is 0 Å². The van der Waals surface area contributed by atoms with E-state index in [4.69, 9.17) is 4.98 Å². The van der Waals surface area contributed by atoms with E-state index in [2.05, 4.69) is 192 Å². The van der Waals surface area contributed by atoms with Crippen molar-refractivity contribution in [2.24, 2.45) is 0 Å². The second-order valence-electron chi connectivity index (χ2n) is 15.2. The van der Waals surface area contributed by atoms with Crippen molar-refractivity contribution in [3.8, 4) is 11.1 Å². The predicted molar refractivity (Wildman–Crippen MR) is 232 cm³/mol. The zero-order valence-electron chi connectivity index (χ0n) is 30.6. The average Bonchev–Trinajstić information content (AvgIpc) is 3.73. The minimum atomic E-state index is 0.0299. The van der Waals surface area contributed by atoms with Crippen LogP contribution in [-0.4, -0.2) is 4.98 Å². The Labute approximate surface area is 322 Å². The molecule has 3 heteroatoms. The van der Waals surface area contributed by atoms with Gasteiger partial charge < -0.3 is 9.80 Å². The highest BCUT2D eigenvalue weighted by Crippen LogP contribution is 2.58. The maximum atomic E-state index is 4.96. The van der Waals surface area contributed by atoms with E-state index in [0.29, 0.717) is 0 Å². The third kappa shape index (κ3) is 5.15. The van der Waals surface area contributed by atoms with Gasteiger partial charge in [0.1, 0.15) is 0 Å². The molecule has 7 aromatic rings. The van der Waals surface area contributed by atoms with Crippen LogP contribution in [0.15, 0.2) is 152 Å². The van der Waals surface area contributed by atoms with Crippen LogP contribution in [0.5, 0.6) is 0 Å². The van der Waals surface area contributed by atoms with Gasteiger partial charge in [-0.2, -0.15) is 0 Å². The van der Waals surface area contributed by atoms with Crippen LogP contribution in [-0.2, 0) is 5.41 Å². The standard InChI is InChI=1S/C52H39N3/c1-5-15-48-37(11-1)21-22-38-12-2-6-16-49(38)54(48)42-28-30-45-44-29-20-36(33-46(44)52(47(45)34-42)31-9-10-32-52)19-25-41-26-27-43(35-53-41)55-50-17-7-3-13-39(50)23-24-40-14-4-8-18-51(40)55/h1-8,11-30,33-35H,9-10,31-32H2/b25-19+. The van der Waals surface area contributed by atoms with Gasteiger partial charge in [-0.15, -0.1) is 0 Å². The molecule has 0 N–H and O–H groups in total. The fourth-order valence-corrected chi connectivity index (χ4v) is 9.57. The Morgan fingerprint density at radius 1 is 0.455 bits per heavy atom. The van der Waals surface area contributed by atoms with Crippen LogP contribution in [0.4, 0.5) is 34.1 Å². The fraction of sp³-hybridized carbons (Fsp3) is 0.0962. The summed E-state index contributed by atoms with van der Waals surface area (Å²) in [4.78, 5) is 9.74. The average molecular weight is 706 g/mol. The Kier molecular flexibility index (Phi) is 7.34. The lowest BCUT2D eigenvalue weighted by Crippen LogP contribution is -2.21. The lowest BCUT2D eigenvalue weighted by atomic mass is 9.76. The molecule has 55 heavy (non-hydrogen) atoms. The summed E-state index contributed by atoms with van der Waals surface area (Å²) in [5.41, 5.74) is 19.7. The van der Waals surface area contributed by atoms with Gasteiger partial charge in [0.05, 0.1) is 40.3 Å². The number of pyridine rings is 1. The molecule has 0 amide bonds. The number of aromatic nitrogens is 1. The van der Waals surface area contributed by atoms with Crippen molar-refractivity contribution in [1.29, 1.82) is 0 Å². The summed E-state index contributed by atoms with van der Waals surface area (Å²) in [7, 11) is 0. The van der Waals surface area contributed by atoms with Crippen molar-refractivity contribution in [1.82, 2.24) is 4.98 Å². The molecule has 0 atom stereocenters. The minimum Gasteiger partial charge on any atom is -0.309 e. The quantitative estimate of drug-likeness (QED) is 0.182. The summed E-state index contributed by atoms with van der Waals surface area (Å²) in [6, 6.07) is 53.3. The molecule has 1 saturated carbocycles. The molecule has 3 heterocycles. The van der Waals surface area contributed by atoms with Crippen molar-refractivity contribution in [3.05, 3.63) is 196 Å². The molecule has 1 fully saturated rings. The smallest absolute Gasteiger partial charge is 0.0645 e. The summed E-state index contributed by atoms with van der Waals surface area (Å²) in [5, 5.41) is 0. The van der Waals surface area contributed by atoms with Crippen molar-refractivity contribution >= 4 is 70.6 Å². The van der Waals surface area contributed by atoms with Gasteiger partial charge in [-0.1, -0.05) is 140 Å². The molecular formula is C52H39N3. The first kappa shape index (κ1) is 31.8. The first-order valence-corrected chi connectivity index (χ1v) is 19.5. The van der Waals surface area contributed by atoms with Gasteiger partial charge in [0.15, 0.2) is 0 Å². The van der Waals surface area contributed by atoms with Crippen LogP contribution in [0.25, 0.3) is 47.6 Å². The highest BCUT2D eigenvalue weighted by molar-refractivity contribution is 5.95. The zero-order chi connectivity index (χ0) is 36.3. The summed E-state index contributed by atoms with van der Waals surface area (Å²) in [6.45, 7) is 0. The third-order valence-electron chi connectivity index (χ3n) is 12.2. The fourth-order valence-electron chi connectivity index (χ4n) is 9.57. The number of nitrogens with zero attached hydrogens (tertiary/aromatic N) is 3. The topological polar surface area (TPSA) is 19.4 Å². The summed E-state index contributed by atoms with van der Waals surface area (Å²) in [5.74, 6) is 0. The number of fused-ring (bicyclic) bond motifs is 9. The molecule has 0 bridgehead atoms. The molecule has 2 aliphatic carbocycles. The Hall–Kier alpha value is -6.71. The lowest BCUT2D eigenvalue weighted by molar-refractivity contribution is 0.550. The van der Waals surface area contributed by atoms with E-state index < -0.39 is 0 Å². The number of rotatable bonds is 4. The van der Waals surface area contributed by atoms with Crippen molar-refractivity contribution in [3.63, 3.8) is 0 Å². The van der Waals surface area contributed by atoms with E-state index in [9.17, 15) is 0 Å². The van der Waals surface area contributed by atoms with Gasteiger partial charge in [0.25, 0.3) is 0 Å². The third-order valence-corrected chi connectivity index (χ3v) is 12.2. The van der Waals surface area contributed by atoms with E-state index in [1.807, 2.05) is 6.20 Å². The monoisotopic (exact) mass is 705 g/mol. The van der Waals surface area contributed by atoms with E-state index in [-0.39, 0.29) is 5.41 Å². The van der Waals surface area contributed by atoms with E-state index in [1.54, 1.807) is 0 Å². The van der Waals surface area contributed by atoms with E-state index in [0.717, 1.165) is 22.8 Å². The van der Waals surface area contributed by atoms with Gasteiger partial charge in [0.2, 0.25) is 0 Å². The molecule has 1 aromatic heterocycles. The molecule has 4 aliphatic rings. The first-order chi connectivity index (χ1) is 27.2. The maximum absolute atomic E-state index is 4.96. The van der Waals surface area contributed by atoms with Crippen LogP contribution in [0.3, 0.4) is 0 Å². The minimum absolute atomic E-state index is 0.0299. The predicted octanol–water partition coefficient (Wildman–Crippen LogP) is 14.0. The van der Waals surface area contributed by atoms with E-state index >= 15 is 0 Å². The normalized spacial score (nSPS) is 15.6. The van der Waals surface area contributed by atoms with Crippen molar-refractivity contribution in [2.75, 3.05) is 9.80 Å². The highest BCUT2D eigenvalue weighted by atomic mass is 15.2. The Bertz CT molecular complexity index is 2630. The number of hydrogen-bond acceptors (Lipinski definition) is 3. The molecule has 262 valence electrons. The van der Waals surface area contributed by atoms with Crippen molar-refractivity contribution in [2.45, 2.75) is 31.1 Å². The van der Waals surface area contributed by atoms with Gasteiger partial charge >= 0.3 is 0 Å². The summed E-state index contributed by atoms with van der Waals surface area (Å²) in [6.07, 6.45) is 20.2. The second-order valence-corrected chi connectivity index (χ2v) is 15.2. The summed E-state index contributed by atoms with van der Waals surface area (Å²) < 4.78 is 0. The maximum Gasteiger partial charge on any atom is 0.0645 e. The van der Waals surface area contributed by atoms with Crippen LogP contribution in [0, 0.1) is 0 Å². The van der Waals surface area contributed by atoms with Crippen LogP contribution < -0.4 is 9.80 Å². The zero-order valence-corrected chi connectivity index (χ0v) is 30.6. The molecule has 3 nitrogen and oxygen atoms in total. The lowest BCUT2D eigenvalue weighted by Gasteiger charge is -2.30. The molecule has 0 unspecified atom stereocenters.